The SMILES string of the molecule is C=C1CC(OC)CC(OC)C1C. The molecule has 0 radical (unpaired) electrons. The third-order valence-corrected chi connectivity index (χ3v) is 2.82. The Bertz CT molecular complexity index is 165. The standard InChI is InChI=1S/C10H18O2/c1-7-5-9(11-3)6-10(12-4)8(7)2/h8-10H,1,5-6H2,2-4H3. The second kappa shape index (κ2) is 4.06. The van der Waals surface area contributed by atoms with E-state index in [2.05, 4.69) is 13.5 Å². The van der Waals surface area contributed by atoms with Crippen LogP contribution < -0.4 is 0 Å². The molecule has 0 aromatic heterocycles. The number of methoxy groups -OCH3 is 2. The molecular formula is C10H18O2. The summed E-state index contributed by atoms with van der Waals surface area (Å²) in [7, 11) is 3.51. The maximum absolute atomic E-state index is 5.37. The summed E-state index contributed by atoms with van der Waals surface area (Å²) in [5, 5.41) is 0. The second-order valence-corrected chi connectivity index (χ2v) is 3.52. The number of rotatable bonds is 2. The van der Waals surface area contributed by atoms with Gasteiger partial charge in [0.15, 0.2) is 0 Å². The third kappa shape index (κ3) is 1.87. The Morgan fingerprint density at radius 1 is 1.33 bits per heavy atom. The van der Waals surface area contributed by atoms with Gasteiger partial charge >= 0.3 is 0 Å². The van der Waals surface area contributed by atoms with E-state index in [-0.39, 0.29) is 6.10 Å². The van der Waals surface area contributed by atoms with Crippen LogP contribution in [-0.2, 0) is 9.47 Å². The maximum Gasteiger partial charge on any atom is 0.0658 e. The van der Waals surface area contributed by atoms with Crippen molar-refractivity contribution in [3.8, 4) is 0 Å². The van der Waals surface area contributed by atoms with Crippen molar-refractivity contribution in [1.29, 1.82) is 0 Å². The molecule has 2 nitrogen and oxygen atoms in total. The van der Waals surface area contributed by atoms with E-state index in [0.717, 1.165) is 12.8 Å². The molecule has 3 unspecified atom stereocenters. The van der Waals surface area contributed by atoms with Gasteiger partial charge in [0, 0.05) is 26.6 Å². The lowest BCUT2D eigenvalue weighted by Gasteiger charge is -2.34. The fourth-order valence-corrected chi connectivity index (χ4v) is 1.77. The van der Waals surface area contributed by atoms with E-state index in [1.54, 1.807) is 14.2 Å². The molecular weight excluding hydrogens is 152 g/mol. The molecule has 0 N–H and O–H groups in total. The van der Waals surface area contributed by atoms with Crippen LogP contribution in [0.4, 0.5) is 0 Å². The van der Waals surface area contributed by atoms with Crippen LogP contribution >= 0.6 is 0 Å². The first-order chi connectivity index (χ1) is 5.69. The van der Waals surface area contributed by atoms with Crippen molar-refractivity contribution >= 4 is 0 Å². The van der Waals surface area contributed by atoms with E-state index in [1.807, 2.05) is 0 Å². The van der Waals surface area contributed by atoms with Crippen molar-refractivity contribution in [2.45, 2.75) is 32.0 Å². The summed E-state index contributed by atoms with van der Waals surface area (Å²) >= 11 is 0. The van der Waals surface area contributed by atoms with E-state index < -0.39 is 0 Å². The minimum Gasteiger partial charge on any atom is -0.381 e. The second-order valence-electron chi connectivity index (χ2n) is 3.52. The van der Waals surface area contributed by atoms with Crippen molar-refractivity contribution in [3.05, 3.63) is 12.2 Å². The van der Waals surface area contributed by atoms with Crippen molar-refractivity contribution < 1.29 is 9.47 Å². The van der Waals surface area contributed by atoms with Crippen LogP contribution in [0.5, 0.6) is 0 Å². The van der Waals surface area contributed by atoms with Crippen LogP contribution in [0.15, 0.2) is 12.2 Å². The Morgan fingerprint density at radius 2 is 2.00 bits per heavy atom. The van der Waals surface area contributed by atoms with E-state index >= 15 is 0 Å². The van der Waals surface area contributed by atoms with Crippen LogP contribution in [0.25, 0.3) is 0 Å². The zero-order valence-corrected chi connectivity index (χ0v) is 8.17. The molecule has 3 atom stereocenters. The molecule has 0 bridgehead atoms. The Morgan fingerprint density at radius 3 is 2.50 bits per heavy atom. The highest BCUT2D eigenvalue weighted by Crippen LogP contribution is 2.31. The lowest BCUT2D eigenvalue weighted by molar-refractivity contribution is -0.0151. The van der Waals surface area contributed by atoms with Gasteiger partial charge in [0.05, 0.1) is 12.2 Å². The predicted octanol–water partition coefficient (Wildman–Crippen LogP) is 2.00. The highest BCUT2D eigenvalue weighted by Gasteiger charge is 2.29. The molecule has 0 heterocycles. The van der Waals surface area contributed by atoms with Crippen LogP contribution in [-0.4, -0.2) is 26.4 Å². The van der Waals surface area contributed by atoms with Gasteiger partial charge in [-0.1, -0.05) is 19.1 Å². The van der Waals surface area contributed by atoms with Gasteiger partial charge in [-0.15, -0.1) is 0 Å². The zero-order chi connectivity index (χ0) is 9.14. The molecule has 0 amide bonds. The zero-order valence-electron chi connectivity index (χ0n) is 8.17. The van der Waals surface area contributed by atoms with Crippen molar-refractivity contribution in [3.63, 3.8) is 0 Å². The average molecular weight is 170 g/mol. The quantitative estimate of drug-likeness (QED) is 0.590. The van der Waals surface area contributed by atoms with Crippen LogP contribution in [0.3, 0.4) is 0 Å². The first-order valence-electron chi connectivity index (χ1n) is 4.42. The van der Waals surface area contributed by atoms with Crippen molar-refractivity contribution in [1.82, 2.24) is 0 Å². The van der Waals surface area contributed by atoms with Crippen molar-refractivity contribution in [2.24, 2.45) is 5.92 Å². The average Bonchev–Trinajstić information content (AvgIpc) is 2.09. The molecule has 0 spiro atoms. The summed E-state index contributed by atoms with van der Waals surface area (Å²) in [4.78, 5) is 0. The minimum atomic E-state index is 0.288. The smallest absolute Gasteiger partial charge is 0.0658 e. The fourth-order valence-electron chi connectivity index (χ4n) is 1.77. The van der Waals surface area contributed by atoms with E-state index in [9.17, 15) is 0 Å². The summed E-state index contributed by atoms with van der Waals surface area (Å²) in [5.41, 5.74) is 1.25. The maximum atomic E-state index is 5.37. The summed E-state index contributed by atoms with van der Waals surface area (Å²) in [5.74, 6) is 0.474. The molecule has 12 heavy (non-hydrogen) atoms. The van der Waals surface area contributed by atoms with E-state index in [1.165, 1.54) is 5.57 Å². The Balaban J connectivity index is 2.58. The van der Waals surface area contributed by atoms with Gasteiger partial charge in [-0.2, -0.15) is 0 Å². The number of hydrogen-bond donors (Lipinski definition) is 0. The lowest BCUT2D eigenvalue weighted by Crippen LogP contribution is -2.34. The number of hydrogen-bond acceptors (Lipinski definition) is 2. The Hall–Kier alpha value is -0.340. The molecule has 0 saturated heterocycles. The highest BCUT2D eigenvalue weighted by molar-refractivity contribution is 5.08. The van der Waals surface area contributed by atoms with Gasteiger partial charge in [0.25, 0.3) is 0 Å². The van der Waals surface area contributed by atoms with Crippen LogP contribution in [0, 0.1) is 5.92 Å². The van der Waals surface area contributed by atoms with Gasteiger partial charge in [-0.05, 0) is 6.42 Å². The molecule has 1 saturated carbocycles. The topological polar surface area (TPSA) is 18.5 Å². The van der Waals surface area contributed by atoms with Gasteiger partial charge in [0.2, 0.25) is 0 Å². The van der Waals surface area contributed by atoms with Crippen LogP contribution in [0.1, 0.15) is 19.8 Å². The first kappa shape index (κ1) is 9.75. The predicted molar refractivity (Wildman–Crippen MR) is 49.1 cm³/mol. The van der Waals surface area contributed by atoms with E-state index in [0.29, 0.717) is 12.0 Å². The molecule has 0 aromatic rings. The molecule has 1 aliphatic rings. The van der Waals surface area contributed by atoms with Crippen molar-refractivity contribution in [2.75, 3.05) is 14.2 Å². The Kier molecular flexibility index (Phi) is 3.29. The normalized spacial score (nSPS) is 36.9. The van der Waals surface area contributed by atoms with E-state index in [4.69, 9.17) is 9.47 Å². The highest BCUT2D eigenvalue weighted by atomic mass is 16.5. The molecule has 2 heteroatoms. The fraction of sp³-hybridized carbons (Fsp3) is 0.800. The lowest BCUT2D eigenvalue weighted by atomic mass is 9.82. The molecule has 1 aliphatic carbocycles. The van der Waals surface area contributed by atoms with Gasteiger partial charge in [-0.25, -0.2) is 0 Å². The molecule has 0 aliphatic heterocycles. The number of ether oxygens (including phenoxy) is 2. The largest absolute Gasteiger partial charge is 0.381 e. The molecule has 70 valence electrons. The summed E-state index contributed by atoms with van der Waals surface area (Å²) in [6.45, 7) is 6.20. The van der Waals surface area contributed by atoms with Gasteiger partial charge in [-0.3, -0.25) is 0 Å². The van der Waals surface area contributed by atoms with Gasteiger partial charge < -0.3 is 9.47 Å². The Labute approximate surface area is 74.6 Å². The molecule has 1 fully saturated rings. The summed E-state index contributed by atoms with van der Waals surface area (Å²) < 4.78 is 10.7. The summed E-state index contributed by atoms with van der Waals surface area (Å²) in [6.07, 6.45) is 2.57. The monoisotopic (exact) mass is 170 g/mol. The summed E-state index contributed by atoms with van der Waals surface area (Å²) in [6, 6.07) is 0. The van der Waals surface area contributed by atoms with Gasteiger partial charge in [0.1, 0.15) is 0 Å². The molecule has 1 rings (SSSR count). The first-order valence-corrected chi connectivity index (χ1v) is 4.42. The molecule has 0 aromatic carbocycles. The minimum absolute atomic E-state index is 0.288. The van der Waals surface area contributed by atoms with Crippen LogP contribution in [0.2, 0.25) is 0 Å². The third-order valence-electron chi connectivity index (χ3n) is 2.82.